The fraction of sp³-hybridized carbons (Fsp3) is 0. The lowest BCUT2D eigenvalue weighted by Gasteiger charge is -2.18. The van der Waals surface area contributed by atoms with Crippen molar-refractivity contribution in [2.75, 3.05) is 0 Å². The molecule has 8 bridgehead atoms. The molecule has 0 saturated heterocycles. The second-order valence-corrected chi connectivity index (χ2v) is 19.7. The zero-order chi connectivity index (χ0) is 48.4. The van der Waals surface area contributed by atoms with Crippen molar-refractivity contribution in [3.8, 4) is 22.7 Å². The average Bonchev–Trinajstić information content (AvgIpc) is 3.99. The van der Waals surface area contributed by atoms with Gasteiger partial charge in [-0.2, -0.15) is 0 Å². The Morgan fingerprint density at radius 2 is 0.581 bits per heavy atom. The molecule has 16 rings (SSSR count). The fourth-order valence-electron chi connectivity index (χ4n) is 12.5. The molecule has 0 fully saturated rings. The lowest BCUT2D eigenvalue weighted by Crippen LogP contribution is -2.02. The summed E-state index contributed by atoms with van der Waals surface area (Å²) in [5.74, 6) is 0. The third-order valence-electron chi connectivity index (χ3n) is 15.7. The van der Waals surface area contributed by atoms with E-state index < -0.39 is 0 Å². The van der Waals surface area contributed by atoms with Gasteiger partial charge in [0, 0.05) is 54.4 Å². The molecule has 16 aromatic rings. The van der Waals surface area contributed by atoms with Gasteiger partial charge in [0.25, 0.3) is 0 Å². The predicted octanol–water partition coefficient (Wildman–Crippen LogP) is 18.7. The van der Waals surface area contributed by atoms with Crippen molar-refractivity contribution in [1.82, 2.24) is 18.3 Å². The monoisotopic (exact) mass is 940 g/mol. The summed E-state index contributed by atoms with van der Waals surface area (Å²) in [5.41, 5.74) is 13.6. The van der Waals surface area contributed by atoms with Crippen LogP contribution in [0.15, 0.2) is 267 Å². The smallest absolute Gasteiger partial charge is 0.0782 e. The Hall–Kier alpha value is -9.90. The highest BCUT2D eigenvalue weighted by Crippen LogP contribution is 2.42. The van der Waals surface area contributed by atoms with Crippen molar-refractivity contribution in [3.63, 3.8) is 0 Å². The summed E-state index contributed by atoms with van der Waals surface area (Å²) < 4.78 is 9.94. The molecule has 0 spiro atoms. The molecule has 0 amide bonds. The van der Waals surface area contributed by atoms with Gasteiger partial charge in [-0.05, 0) is 134 Å². The highest BCUT2D eigenvalue weighted by atomic mass is 15.1. The minimum atomic E-state index is 1.08. The molecular formula is C70H44N4. The minimum absolute atomic E-state index is 1.08. The summed E-state index contributed by atoms with van der Waals surface area (Å²) in [5, 5.41) is 16.8. The molecule has 3 heterocycles. The van der Waals surface area contributed by atoms with Gasteiger partial charge in [0.15, 0.2) is 0 Å². The van der Waals surface area contributed by atoms with Crippen LogP contribution in [0.1, 0.15) is 0 Å². The molecule has 0 N–H and O–H groups in total. The molecular weight excluding hydrogens is 897 g/mol. The van der Waals surface area contributed by atoms with E-state index in [-0.39, 0.29) is 0 Å². The number of hydrogen-bond donors (Lipinski definition) is 0. The Morgan fingerprint density at radius 1 is 0.189 bits per heavy atom. The molecule has 0 aliphatic rings. The van der Waals surface area contributed by atoms with Crippen LogP contribution in [0.4, 0.5) is 0 Å². The quantitative estimate of drug-likeness (QED) is 0.157. The number of fused-ring (bicyclic) bond motifs is 15. The zero-order valence-corrected chi connectivity index (χ0v) is 40.2. The van der Waals surface area contributed by atoms with E-state index in [4.69, 9.17) is 0 Å². The zero-order valence-electron chi connectivity index (χ0n) is 40.2. The molecule has 13 aromatic carbocycles. The van der Waals surface area contributed by atoms with Gasteiger partial charge in [0.1, 0.15) is 0 Å². The van der Waals surface area contributed by atoms with E-state index in [2.05, 4.69) is 285 Å². The molecule has 344 valence electrons. The van der Waals surface area contributed by atoms with E-state index in [1.807, 2.05) is 0 Å². The van der Waals surface area contributed by atoms with E-state index in [9.17, 15) is 0 Å². The topological polar surface area (TPSA) is 19.7 Å². The summed E-state index contributed by atoms with van der Waals surface area (Å²) in [6.07, 6.45) is 0. The van der Waals surface area contributed by atoms with Gasteiger partial charge in [0.05, 0.1) is 44.8 Å². The molecule has 0 aliphatic carbocycles. The summed E-state index contributed by atoms with van der Waals surface area (Å²) in [7, 11) is 0. The summed E-state index contributed by atoms with van der Waals surface area (Å²) in [4.78, 5) is 0. The van der Waals surface area contributed by atoms with Crippen LogP contribution >= 0.6 is 0 Å². The van der Waals surface area contributed by atoms with Crippen LogP contribution in [0.3, 0.4) is 0 Å². The predicted molar refractivity (Wildman–Crippen MR) is 314 cm³/mol. The van der Waals surface area contributed by atoms with Gasteiger partial charge in [0.2, 0.25) is 0 Å². The Balaban J connectivity index is 1.04. The molecule has 4 nitrogen and oxygen atoms in total. The number of nitrogens with zero attached hydrogens (tertiary/aromatic N) is 4. The maximum Gasteiger partial charge on any atom is 0.0782 e. The second kappa shape index (κ2) is 15.8. The maximum atomic E-state index is 2.50. The first-order chi connectivity index (χ1) is 36.7. The first-order valence-corrected chi connectivity index (χ1v) is 25.5. The summed E-state index contributed by atoms with van der Waals surface area (Å²) >= 11 is 0. The van der Waals surface area contributed by atoms with Gasteiger partial charge in [-0.3, -0.25) is 0 Å². The van der Waals surface area contributed by atoms with Crippen molar-refractivity contribution in [2.45, 2.75) is 0 Å². The van der Waals surface area contributed by atoms with Crippen LogP contribution in [0.25, 0.3) is 142 Å². The van der Waals surface area contributed by atoms with Crippen LogP contribution in [0.5, 0.6) is 0 Å². The lowest BCUT2D eigenvalue weighted by molar-refractivity contribution is 1.13. The van der Waals surface area contributed by atoms with Gasteiger partial charge in [-0.15, -0.1) is 0 Å². The Bertz CT molecular complexity index is 5090. The van der Waals surface area contributed by atoms with Crippen molar-refractivity contribution >= 4 is 120 Å². The van der Waals surface area contributed by atoms with Gasteiger partial charge in [-0.25, -0.2) is 0 Å². The normalized spacial score (nSPS) is 12.1. The second-order valence-electron chi connectivity index (χ2n) is 19.7. The Labute approximate surface area is 425 Å². The van der Waals surface area contributed by atoms with Gasteiger partial charge < -0.3 is 18.3 Å². The van der Waals surface area contributed by atoms with Crippen LogP contribution in [-0.2, 0) is 0 Å². The van der Waals surface area contributed by atoms with E-state index in [0.29, 0.717) is 0 Å². The molecule has 0 saturated carbocycles. The standard InChI is InChI=1S/C70H44N4/c1-3-23-55-45(15-1)17-11-30-62(55)73-65-29-8-6-26-59(65)69-66(32-14-33-67(69)73)71-51-21-9-19-49(41-51)50-20-10-22-52(42-50)72(54-40-38-48-36-35-47-37-39-53(71)43-60(47)61(48)44-54)68-34-13-27-58-57-25-5-7-28-64(57)74(70(58)68)63-31-12-18-46-16-2-4-24-56(46)63/h1-44H. The molecule has 74 heavy (non-hydrogen) atoms. The van der Waals surface area contributed by atoms with Crippen LogP contribution in [0.2, 0.25) is 0 Å². The van der Waals surface area contributed by atoms with Crippen molar-refractivity contribution in [2.24, 2.45) is 0 Å². The lowest BCUT2D eigenvalue weighted by atomic mass is 10.0. The number of para-hydroxylation sites is 3. The first kappa shape index (κ1) is 40.8. The van der Waals surface area contributed by atoms with E-state index in [0.717, 1.165) is 60.9 Å². The van der Waals surface area contributed by atoms with Crippen molar-refractivity contribution in [1.29, 1.82) is 0 Å². The molecule has 0 radical (unpaired) electrons. The third kappa shape index (κ3) is 5.97. The van der Waals surface area contributed by atoms with Crippen molar-refractivity contribution < 1.29 is 0 Å². The molecule has 4 heteroatoms. The highest BCUT2D eigenvalue weighted by Gasteiger charge is 2.21. The van der Waals surface area contributed by atoms with Crippen molar-refractivity contribution in [3.05, 3.63) is 267 Å². The van der Waals surface area contributed by atoms with Crippen LogP contribution in [0, 0.1) is 0 Å². The number of aromatic nitrogens is 4. The van der Waals surface area contributed by atoms with E-state index in [1.165, 1.54) is 81.4 Å². The average molecular weight is 941 g/mol. The maximum absolute atomic E-state index is 2.50. The van der Waals surface area contributed by atoms with Gasteiger partial charge in [-0.1, -0.05) is 176 Å². The number of rotatable bonds is 4. The van der Waals surface area contributed by atoms with E-state index >= 15 is 0 Å². The fourth-order valence-corrected chi connectivity index (χ4v) is 12.5. The third-order valence-corrected chi connectivity index (χ3v) is 15.7. The largest absolute Gasteiger partial charge is 0.310 e. The summed E-state index contributed by atoms with van der Waals surface area (Å²) in [6, 6.07) is 99.1. The van der Waals surface area contributed by atoms with Gasteiger partial charge >= 0.3 is 0 Å². The molecule has 0 aliphatic heterocycles. The van der Waals surface area contributed by atoms with E-state index in [1.54, 1.807) is 0 Å². The SMILES string of the molecule is c1ccc2c(-n3c4ccccc4c4c(-n5c6cccc(c6)c6cccc(c6)n(-c6cccc7c8ccccc8n(-c8cccc9ccccc89)c67)c6ccc7ccc8ccc5cc8c7c6)cccc43)cccc2c1. The molecule has 0 unspecified atom stereocenters. The van der Waals surface area contributed by atoms with Crippen LogP contribution in [-0.4, -0.2) is 18.3 Å². The number of benzene rings is 13. The molecule has 0 atom stereocenters. The summed E-state index contributed by atoms with van der Waals surface area (Å²) in [6.45, 7) is 0. The van der Waals surface area contributed by atoms with Crippen LogP contribution < -0.4 is 0 Å². The minimum Gasteiger partial charge on any atom is -0.310 e. The number of hydrogen-bond acceptors (Lipinski definition) is 0. The Morgan fingerprint density at radius 3 is 1.23 bits per heavy atom. The first-order valence-electron chi connectivity index (χ1n) is 25.5. The molecule has 3 aromatic heterocycles. The Kier molecular flexibility index (Phi) is 8.71. The highest BCUT2D eigenvalue weighted by molar-refractivity contribution is 6.17.